The van der Waals surface area contributed by atoms with Crippen LogP contribution in [0.1, 0.15) is 120 Å². The van der Waals surface area contributed by atoms with Crippen LogP contribution in [0.4, 0.5) is 0 Å². The zero-order valence-corrected chi connectivity index (χ0v) is 31.7. The molecule has 2 atom stereocenters. The summed E-state index contributed by atoms with van der Waals surface area (Å²) >= 11 is 0. The van der Waals surface area contributed by atoms with Crippen LogP contribution in [0.15, 0.2) is 90.6 Å². The van der Waals surface area contributed by atoms with Gasteiger partial charge in [0.1, 0.15) is 17.3 Å². The number of benzene rings is 3. The van der Waals surface area contributed by atoms with Crippen LogP contribution in [-0.4, -0.2) is 19.3 Å². The molecule has 1 aliphatic carbocycles. The second kappa shape index (κ2) is 14.9. The molecule has 0 aliphatic heterocycles. The van der Waals surface area contributed by atoms with E-state index in [1.807, 2.05) is 6.20 Å². The Bertz CT molecular complexity index is 2200. The molecule has 0 radical (unpaired) electrons. The fourth-order valence-electron chi connectivity index (χ4n) is 8.36. The molecule has 0 fully saturated rings. The summed E-state index contributed by atoms with van der Waals surface area (Å²) in [6.45, 7) is 16.1. The van der Waals surface area contributed by atoms with E-state index in [2.05, 4.69) is 137 Å². The van der Waals surface area contributed by atoms with Crippen molar-refractivity contribution in [3.63, 3.8) is 0 Å². The number of pyridine rings is 1. The molecular weight excluding hydrogens is 625 g/mol. The largest absolute Gasteiger partial charge is 0.457 e. The highest BCUT2D eigenvalue weighted by Crippen LogP contribution is 2.43. The van der Waals surface area contributed by atoms with Gasteiger partial charge in [0.15, 0.2) is 0 Å². The van der Waals surface area contributed by atoms with E-state index in [-0.39, 0.29) is 0 Å². The fourth-order valence-corrected chi connectivity index (χ4v) is 8.36. The van der Waals surface area contributed by atoms with Gasteiger partial charge in [-0.25, -0.2) is 9.67 Å². The van der Waals surface area contributed by atoms with Gasteiger partial charge in [-0.15, -0.1) is 0 Å². The van der Waals surface area contributed by atoms with E-state index in [4.69, 9.17) is 14.8 Å². The Hall–Kier alpha value is -4.64. The molecule has 0 bridgehead atoms. The zero-order chi connectivity index (χ0) is 35.6. The second-order valence-corrected chi connectivity index (χ2v) is 15.0. The molecular formula is C46H54N4O. The molecule has 0 N–H and O–H groups in total. The fraction of sp³-hybridized carbons (Fsp3) is 0.391. The van der Waals surface area contributed by atoms with Crippen LogP contribution in [0.5, 0.6) is 11.5 Å². The molecule has 6 aromatic rings. The van der Waals surface area contributed by atoms with Crippen LogP contribution in [0.25, 0.3) is 33.3 Å². The first-order chi connectivity index (χ1) is 24.8. The summed E-state index contributed by atoms with van der Waals surface area (Å²) in [5, 5.41) is 7.84. The lowest BCUT2D eigenvalue weighted by atomic mass is 9.74. The van der Waals surface area contributed by atoms with E-state index >= 15 is 0 Å². The number of fused-ring (bicyclic) bond motifs is 3. The van der Waals surface area contributed by atoms with Gasteiger partial charge >= 0.3 is 0 Å². The van der Waals surface area contributed by atoms with E-state index in [0.717, 1.165) is 72.6 Å². The minimum atomic E-state index is 0.335. The van der Waals surface area contributed by atoms with Crippen molar-refractivity contribution < 1.29 is 4.74 Å². The number of aromatic nitrogens is 4. The first-order valence-corrected chi connectivity index (χ1v) is 19.4. The van der Waals surface area contributed by atoms with Crippen LogP contribution in [0.2, 0.25) is 0 Å². The molecule has 0 saturated heterocycles. The quantitative estimate of drug-likeness (QED) is 0.121. The average molecular weight is 679 g/mol. The first kappa shape index (κ1) is 34.8. The number of rotatable bonds is 12. The van der Waals surface area contributed by atoms with Crippen molar-refractivity contribution in [3.8, 4) is 23.0 Å². The molecule has 1 unspecified atom stereocenters. The third kappa shape index (κ3) is 6.76. The van der Waals surface area contributed by atoms with Crippen LogP contribution in [-0.2, 0) is 19.3 Å². The lowest BCUT2D eigenvalue weighted by Crippen LogP contribution is -2.18. The molecule has 51 heavy (non-hydrogen) atoms. The third-order valence-electron chi connectivity index (χ3n) is 10.8. The predicted octanol–water partition coefficient (Wildman–Crippen LogP) is 12.6. The number of aryl methyl sites for hydroxylation is 2. The minimum absolute atomic E-state index is 0.335. The zero-order valence-electron chi connectivity index (χ0n) is 31.7. The van der Waals surface area contributed by atoms with Gasteiger partial charge in [-0.3, -0.25) is 4.57 Å². The Balaban J connectivity index is 1.35. The predicted molar refractivity (Wildman–Crippen MR) is 213 cm³/mol. The van der Waals surface area contributed by atoms with Crippen LogP contribution in [0, 0.1) is 5.92 Å². The molecule has 0 saturated carbocycles. The summed E-state index contributed by atoms with van der Waals surface area (Å²) in [5.41, 5.74) is 11.5. The van der Waals surface area contributed by atoms with Crippen molar-refractivity contribution in [2.45, 2.75) is 112 Å². The molecule has 3 aromatic carbocycles. The van der Waals surface area contributed by atoms with E-state index < -0.39 is 0 Å². The van der Waals surface area contributed by atoms with Gasteiger partial charge in [0, 0.05) is 46.3 Å². The van der Waals surface area contributed by atoms with Crippen molar-refractivity contribution in [2.75, 3.05) is 0 Å². The van der Waals surface area contributed by atoms with Crippen molar-refractivity contribution in [2.24, 2.45) is 5.92 Å². The Morgan fingerprint density at radius 2 is 1.61 bits per heavy atom. The van der Waals surface area contributed by atoms with Crippen molar-refractivity contribution >= 4 is 21.8 Å². The standard InChI is InChI=1S/C46H54N4O/c1-8-14-33-23-24-47-44(25-33)49-41-20-12-11-19-38(41)39-22-21-36(29-43(39)49)51-37-27-34(30(4)5)26-35(28-37)50-42(16-10-3)46(40(48-50)15-9-2)45-31(6)17-13-18-32(45)7/h11-12,17,19-30,32,45H,8-10,13-16,18H2,1-7H3/t32?,45-/m0/s1. The van der Waals surface area contributed by atoms with E-state index in [1.165, 1.54) is 57.3 Å². The molecule has 7 rings (SSSR count). The molecule has 3 aromatic heterocycles. The Morgan fingerprint density at radius 1 is 0.824 bits per heavy atom. The van der Waals surface area contributed by atoms with E-state index in [1.54, 1.807) is 0 Å². The normalized spacial score (nSPS) is 16.4. The number of nitrogens with zero attached hydrogens (tertiary/aromatic N) is 4. The maximum atomic E-state index is 6.84. The van der Waals surface area contributed by atoms with Gasteiger partial charge in [0.25, 0.3) is 0 Å². The third-order valence-corrected chi connectivity index (χ3v) is 10.8. The average Bonchev–Trinajstić information content (AvgIpc) is 3.63. The van der Waals surface area contributed by atoms with Gasteiger partial charge in [-0.1, -0.05) is 90.7 Å². The molecule has 0 spiro atoms. The van der Waals surface area contributed by atoms with E-state index in [9.17, 15) is 0 Å². The van der Waals surface area contributed by atoms with Gasteiger partial charge in [0.05, 0.1) is 22.4 Å². The summed E-state index contributed by atoms with van der Waals surface area (Å²) in [6.07, 6.45) is 13.1. The summed E-state index contributed by atoms with van der Waals surface area (Å²) in [6, 6.07) is 26.2. The van der Waals surface area contributed by atoms with Crippen LogP contribution >= 0.6 is 0 Å². The number of para-hydroxylation sites is 1. The summed E-state index contributed by atoms with van der Waals surface area (Å²) < 4.78 is 11.4. The Morgan fingerprint density at radius 3 is 2.37 bits per heavy atom. The Kier molecular flexibility index (Phi) is 10.2. The van der Waals surface area contributed by atoms with Crippen LogP contribution < -0.4 is 4.74 Å². The number of hydrogen-bond acceptors (Lipinski definition) is 3. The van der Waals surface area contributed by atoms with Gasteiger partial charge in [-0.05, 0) is 104 Å². The topological polar surface area (TPSA) is 44.9 Å². The number of allylic oxidation sites excluding steroid dienone is 2. The maximum Gasteiger partial charge on any atom is 0.137 e. The SMILES string of the molecule is CCCc1ccnc(-n2c3ccccc3c3ccc(Oc4cc(C(C)C)cc(-n5nc(CCC)c([C@H]6C(C)=CCCC6C)c5CCC)c4)cc32)c1. The smallest absolute Gasteiger partial charge is 0.137 e. The monoisotopic (exact) mass is 678 g/mol. The van der Waals surface area contributed by atoms with Crippen molar-refractivity contribution in [1.29, 1.82) is 0 Å². The summed E-state index contributed by atoms with van der Waals surface area (Å²) in [5.74, 6) is 3.94. The first-order valence-electron chi connectivity index (χ1n) is 19.4. The Labute approximate surface area is 304 Å². The van der Waals surface area contributed by atoms with Crippen LogP contribution in [0.3, 0.4) is 0 Å². The van der Waals surface area contributed by atoms with Crippen molar-refractivity contribution in [3.05, 3.63) is 119 Å². The second-order valence-electron chi connectivity index (χ2n) is 15.0. The molecule has 5 nitrogen and oxygen atoms in total. The molecule has 0 amide bonds. The van der Waals surface area contributed by atoms with Crippen molar-refractivity contribution in [1.82, 2.24) is 19.3 Å². The number of hydrogen-bond donors (Lipinski definition) is 0. The molecule has 1 aliphatic rings. The van der Waals surface area contributed by atoms with Gasteiger partial charge in [-0.2, -0.15) is 5.10 Å². The van der Waals surface area contributed by atoms with Gasteiger partial charge in [0.2, 0.25) is 0 Å². The summed E-state index contributed by atoms with van der Waals surface area (Å²) in [4.78, 5) is 4.85. The molecule has 3 heterocycles. The van der Waals surface area contributed by atoms with Gasteiger partial charge < -0.3 is 4.74 Å². The lowest BCUT2D eigenvalue weighted by molar-refractivity contribution is 0.445. The highest BCUT2D eigenvalue weighted by atomic mass is 16.5. The number of ether oxygens (including phenoxy) is 1. The highest BCUT2D eigenvalue weighted by Gasteiger charge is 2.31. The minimum Gasteiger partial charge on any atom is -0.457 e. The van der Waals surface area contributed by atoms with E-state index in [0.29, 0.717) is 17.8 Å². The molecule has 264 valence electrons. The lowest BCUT2D eigenvalue weighted by Gasteiger charge is -2.30. The highest BCUT2D eigenvalue weighted by molar-refractivity contribution is 6.09. The maximum absolute atomic E-state index is 6.84. The summed E-state index contributed by atoms with van der Waals surface area (Å²) in [7, 11) is 0. The molecule has 5 heteroatoms.